The first-order chi connectivity index (χ1) is 13.7. The van der Waals surface area contributed by atoms with Crippen LogP contribution in [0.4, 0.5) is 4.79 Å². The number of aromatic nitrogens is 2. The summed E-state index contributed by atoms with van der Waals surface area (Å²) in [5, 5.41) is 5.91. The molecular formula is C23H32N4O2. The molecule has 1 aromatic heterocycles. The second-order valence-electron chi connectivity index (χ2n) is 9.61. The number of amides is 1. The van der Waals surface area contributed by atoms with E-state index in [-0.39, 0.29) is 6.09 Å². The van der Waals surface area contributed by atoms with Gasteiger partial charge in [0.1, 0.15) is 5.60 Å². The third kappa shape index (κ3) is 4.32. The van der Waals surface area contributed by atoms with Gasteiger partial charge in [-0.25, -0.2) is 4.79 Å². The van der Waals surface area contributed by atoms with Gasteiger partial charge in [-0.1, -0.05) is 19.1 Å². The minimum absolute atomic E-state index is 0.278. The van der Waals surface area contributed by atoms with Crippen LogP contribution in [0.5, 0.6) is 0 Å². The van der Waals surface area contributed by atoms with Crippen molar-refractivity contribution in [2.75, 3.05) is 26.7 Å². The van der Waals surface area contributed by atoms with E-state index in [9.17, 15) is 4.79 Å². The average molecular weight is 397 g/mol. The molecule has 29 heavy (non-hydrogen) atoms. The van der Waals surface area contributed by atoms with Crippen molar-refractivity contribution in [2.45, 2.75) is 52.2 Å². The molecule has 0 spiro atoms. The van der Waals surface area contributed by atoms with Crippen LogP contribution in [0, 0.1) is 5.92 Å². The summed E-state index contributed by atoms with van der Waals surface area (Å²) >= 11 is 0. The van der Waals surface area contributed by atoms with Gasteiger partial charge in [0.25, 0.3) is 0 Å². The van der Waals surface area contributed by atoms with Gasteiger partial charge in [-0.3, -0.25) is 9.58 Å². The summed E-state index contributed by atoms with van der Waals surface area (Å²) in [6.07, 6.45) is 6.12. The van der Waals surface area contributed by atoms with Crippen LogP contribution in [0.3, 0.4) is 0 Å². The predicted octanol–water partition coefficient (Wildman–Crippen LogP) is 4.53. The molecule has 2 atom stereocenters. The van der Waals surface area contributed by atoms with Crippen molar-refractivity contribution in [3.63, 3.8) is 0 Å². The highest BCUT2D eigenvalue weighted by Gasteiger charge is 2.29. The zero-order valence-electron chi connectivity index (χ0n) is 18.2. The molecule has 2 aliphatic heterocycles. The lowest BCUT2D eigenvalue weighted by Crippen LogP contribution is -2.39. The monoisotopic (exact) mass is 396 g/mol. The number of nitrogens with zero attached hydrogens (tertiary/aromatic N) is 4. The van der Waals surface area contributed by atoms with Gasteiger partial charge >= 0.3 is 6.09 Å². The Hall–Kier alpha value is -2.34. The molecule has 1 fully saturated rings. The summed E-state index contributed by atoms with van der Waals surface area (Å²) in [5.41, 5.74) is 2.46. The van der Waals surface area contributed by atoms with Crippen LogP contribution in [0.1, 0.15) is 52.1 Å². The number of carbonyl (C=O) groups excluding carboxylic acids is 1. The van der Waals surface area contributed by atoms with Crippen LogP contribution in [0.15, 0.2) is 30.5 Å². The molecular weight excluding hydrogens is 364 g/mol. The van der Waals surface area contributed by atoms with Crippen molar-refractivity contribution in [2.24, 2.45) is 5.92 Å². The van der Waals surface area contributed by atoms with Gasteiger partial charge < -0.3 is 9.64 Å². The van der Waals surface area contributed by atoms with Gasteiger partial charge in [-0.05, 0) is 70.8 Å². The summed E-state index contributed by atoms with van der Waals surface area (Å²) in [6.45, 7) is 10.7. The van der Waals surface area contributed by atoms with Crippen LogP contribution >= 0.6 is 0 Å². The SMILES string of the molecule is C[C@H]1CC=C(c2ccc3nn([C@@H]4CCN(C)C4)cc3c2)N(C(=O)OC(C)(C)C)C1. The number of hydrogen-bond donors (Lipinski definition) is 0. The lowest BCUT2D eigenvalue weighted by atomic mass is 9.98. The molecule has 3 heterocycles. The second-order valence-corrected chi connectivity index (χ2v) is 9.61. The average Bonchev–Trinajstić information content (AvgIpc) is 3.25. The third-order valence-corrected chi connectivity index (χ3v) is 5.67. The fourth-order valence-corrected chi connectivity index (χ4v) is 4.19. The second kappa shape index (κ2) is 7.48. The molecule has 2 aromatic rings. The first kappa shape index (κ1) is 20.0. The number of likely N-dealkylation sites (tertiary alicyclic amines) is 1. The Morgan fingerprint density at radius 1 is 1.24 bits per heavy atom. The van der Waals surface area contributed by atoms with E-state index in [4.69, 9.17) is 9.84 Å². The maximum atomic E-state index is 12.9. The number of rotatable bonds is 2. The van der Waals surface area contributed by atoms with E-state index >= 15 is 0 Å². The predicted molar refractivity (Wildman–Crippen MR) is 116 cm³/mol. The van der Waals surface area contributed by atoms with Crippen molar-refractivity contribution < 1.29 is 9.53 Å². The molecule has 156 valence electrons. The maximum absolute atomic E-state index is 12.9. The fourth-order valence-electron chi connectivity index (χ4n) is 4.19. The molecule has 0 saturated carbocycles. The highest BCUT2D eigenvalue weighted by molar-refractivity contribution is 5.87. The largest absolute Gasteiger partial charge is 0.443 e. The molecule has 6 heteroatoms. The van der Waals surface area contributed by atoms with Crippen molar-refractivity contribution in [1.29, 1.82) is 0 Å². The van der Waals surface area contributed by atoms with Gasteiger partial charge in [0.2, 0.25) is 0 Å². The van der Waals surface area contributed by atoms with Crippen LogP contribution in [-0.2, 0) is 4.74 Å². The first-order valence-electron chi connectivity index (χ1n) is 10.6. The number of hydrogen-bond acceptors (Lipinski definition) is 4. The van der Waals surface area contributed by atoms with Crippen LogP contribution < -0.4 is 0 Å². The van der Waals surface area contributed by atoms with Gasteiger partial charge in [-0.15, -0.1) is 0 Å². The Kier molecular flexibility index (Phi) is 5.15. The number of benzene rings is 1. The standard InChI is InChI=1S/C23H32N4O2/c1-16-6-9-21(26(13-16)22(28)29-23(2,3)4)17-7-8-20-18(12-17)14-27(24-20)19-10-11-25(5)15-19/h7-9,12,14,16,19H,6,10-11,13,15H2,1-5H3/t16-,19+/m0/s1. The molecule has 0 aliphatic carbocycles. The Labute approximate surface area is 173 Å². The minimum atomic E-state index is -0.511. The van der Waals surface area contributed by atoms with Gasteiger partial charge in [0, 0.05) is 24.7 Å². The highest BCUT2D eigenvalue weighted by Crippen LogP contribution is 2.31. The molecule has 0 radical (unpaired) electrons. The highest BCUT2D eigenvalue weighted by atomic mass is 16.6. The van der Waals surface area contributed by atoms with E-state index in [0.717, 1.165) is 48.1 Å². The van der Waals surface area contributed by atoms with Crippen LogP contribution in [0.2, 0.25) is 0 Å². The lowest BCUT2D eigenvalue weighted by molar-refractivity contribution is 0.0327. The molecule has 0 N–H and O–H groups in total. The summed E-state index contributed by atoms with van der Waals surface area (Å²) in [7, 11) is 2.16. The van der Waals surface area contributed by atoms with Crippen molar-refractivity contribution in [3.8, 4) is 0 Å². The summed E-state index contributed by atoms with van der Waals surface area (Å²) < 4.78 is 7.78. The topological polar surface area (TPSA) is 50.6 Å². The molecule has 1 saturated heterocycles. The fraction of sp³-hybridized carbons (Fsp3) is 0.565. The zero-order valence-corrected chi connectivity index (χ0v) is 18.2. The van der Waals surface area contributed by atoms with E-state index in [0.29, 0.717) is 18.5 Å². The summed E-state index contributed by atoms with van der Waals surface area (Å²) in [5.74, 6) is 0.414. The number of fused-ring (bicyclic) bond motifs is 1. The van der Waals surface area contributed by atoms with Crippen molar-refractivity contribution in [1.82, 2.24) is 19.6 Å². The van der Waals surface area contributed by atoms with Gasteiger partial charge in [0.05, 0.1) is 17.3 Å². The van der Waals surface area contributed by atoms with E-state index < -0.39 is 5.60 Å². The quantitative estimate of drug-likeness (QED) is 0.748. The normalized spacial score (nSPS) is 23.5. The molecule has 4 rings (SSSR count). The van der Waals surface area contributed by atoms with Gasteiger partial charge in [0.15, 0.2) is 0 Å². The van der Waals surface area contributed by atoms with Crippen LogP contribution in [-0.4, -0.2) is 58.0 Å². The summed E-state index contributed by atoms with van der Waals surface area (Å²) in [4.78, 5) is 17.0. The minimum Gasteiger partial charge on any atom is -0.443 e. The Morgan fingerprint density at radius 3 is 2.72 bits per heavy atom. The van der Waals surface area contributed by atoms with E-state index in [1.807, 2.05) is 20.8 Å². The zero-order chi connectivity index (χ0) is 20.8. The third-order valence-electron chi connectivity index (χ3n) is 5.67. The number of carbonyl (C=O) groups is 1. The maximum Gasteiger partial charge on any atom is 0.414 e. The molecule has 2 aliphatic rings. The van der Waals surface area contributed by atoms with Gasteiger partial charge in [-0.2, -0.15) is 5.10 Å². The Morgan fingerprint density at radius 2 is 2.03 bits per heavy atom. The van der Waals surface area contributed by atoms with E-state index in [1.54, 1.807) is 4.90 Å². The van der Waals surface area contributed by atoms with Crippen molar-refractivity contribution in [3.05, 3.63) is 36.0 Å². The smallest absolute Gasteiger partial charge is 0.414 e. The molecule has 1 amide bonds. The number of likely N-dealkylation sites (N-methyl/N-ethyl adjacent to an activating group) is 1. The first-order valence-corrected chi connectivity index (χ1v) is 10.6. The number of allylic oxidation sites excluding steroid dienone is 1. The lowest BCUT2D eigenvalue weighted by Gasteiger charge is -2.33. The molecule has 1 aromatic carbocycles. The molecule has 6 nitrogen and oxygen atoms in total. The Bertz CT molecular complexity index is 940. The molecule has 0 unspecified atom stereocenters. The summed E-state index contributed by atoms with van der Waals surface area (Å²) in [6, 6.07) is 6.71. The Balaban J connectivity index is 1.63. The van der Waals surface area contributed by atoms with E-state index in [2.05, 4.69) is 54.0 Å². The van der Waals surface area contributed by atoms with E-state index in [1.165, 1.54) is 0 Å². The molecule has 0 bridgehead atoms. The van der Waals surface area contributed by atoms with Crippen LogP contribution in [0.25, 0.3) is 16.6 Å². The van der Waals surface area contributed by atoms with Crippen molar-refractivity contribution >= 4 is 22.7 Å². The number of ether oxygens (including phenoxy) is 1.